The number of carbonyl (C=O) groups excluding carboxylic acids is 1. The quantitative estimate of drug-likeness (QED) is 0.0279. The fourth-order valence-electron chi connectivity index (χ4n) is 5.51. The van der Waals surface area contributed by atoms with Gasteiger partial charge < -0.3 is 21.1 Å². The van der Waals surface area contributed by atoms with E-state index in [0.29, 0.717) is 6.42 Å². The fourth-order valence-corrected chi connectivity index (χ4v) is 6.27. The minimum absolute atomic E-state index is 0.0646. The Morgan fingerprint density at radius 1 is 0.630 bits per heavy atom. The summed E-state index contributed by atoms with van der Waals surface area (Å²) >= 11 is 0. The van der Waals surface area contributed by atoms with Crippen LogP contribution >= 0.6 is 7.82 Å². The lowest BCUT2D eigenvalue weighted by Crippen LogP contribution is -2.45. The summed E-state index contributed by atoms with van der Waals surface area (Å²) in [4.78, 5) is 22.7. The van der Waals surface area contributed by atoms with E-state index in [-0.39, 0.29) is 25.7 Å². The molecule has 0 radical (unpaired) electrons. The van der Waals surface area contributed by atoms with Crippen LogP contribution in [0.15, 0.2) is 85.1 Å². The molecule has 0 aliphatic heterocycles. The molecule has 0 aliphatic rings. The zero-order valence-corrected chi connectivity index (χ0v) is 35.1. The fraction of sp³-hybridized carbons (Fsp3) is 0.667. The Labute approximate surface area is 330 Å². The van der Waals surface area contributed by atoms with Crippen LogP contribution in [0.1, 0.15) is 162 Å². The standard InChI is InChI=1S/C45H79N2O6P/c1-3-5-7-9-11-13-15-17-19-21-22-23-25-27-29-31-33-35-37-39-45(49)47-43(42-53-54(50,51)52-41-40-46)44(48)38-36-34-32-30-28-26-24-20-18-16-14-12-10-8-6-4-2/h5,7,11,13,17-20,22-23,28,30,36,38,43-44,48H,3-4,6,8-10,12,14-16,21,24-27,29,31-35,37,39-42,46H2,1-2H3,(H,47,49)(H,50,51)/b7-5-,13-11-,19-17-,20-18+,23-22-,30-28+,38-36+. The van der Waals surface area contributed by atoms with Crippen molar-refractivity contribution in [2.24, 2.45) is 5.73 Å². The van der Waals surface area contributed by atoms with Gasteiger partial charge in [-0.3, -0.25) is 13.8 Å². The van der Waals surface area contributed by atoms with Gasteiger partial charge in [-0.1, -0.05) is 157 Å². The van der Waals surface area contributed by atoms with Crippen LogP contribution in [0.2, 0.25) is 0 Å². The van der Waals surface area contributed by atoms with E-state index >= 15 is 0 Å². The first-order valence-electron chi connectivity index (χ1n) is 21.2. The van der Waals surface area contributed by atoms with Crippen molar-refractivity contribution in [2.75, 3.05) is 19.8 Å². The highest BCUT2D eigenvalue weighted by atomic mass is 31.2. The first-order valence-corrected chi connectivity index (χ1v) is 22.7. The molecule has 0 aliphatic carbocycles. The predicted molar refractivity (Wildman–Crippen MR) is 230 cm³/mol. The van der Waals surface area contributed by atoms with Gasteiger partial charge in [-0.05, 0) is 83.5 Å². The smallest absolute Gasteiger partial charge is 0.387 e. The van der Waals surface area contributed by atoms with E-state index in [4.69, 9.17) is 14.8 Å². The van der Waals surface area contributed by atoms with Gasteiger partial charge in [-0.2, -0.15) is 0 Å². The summed E-state index contributed by atoms with van der Waals surface area (Å²) in [5.74, 6) is -0.227. The normalized spacial score (nSPS) is 15.0. The molecule has 310 valence electrons. The molecule has 0 aromatic carbocycles. The Hall–Kier alpha value is -2.32. The predicted octanol–water partition coefficient (Wildman–Crippen LogP) is 11.8. The molecule has 3 unspecified atom stereocenters. The topological polar surface area (TPSA) is 131 Å². The lowest BCUT2D eigenvalue weighted by Gasteiger charge is -2.23. The molecule has 8 nitrogen and oxygen atoms in total. The van der Waals surface area contributed by atoms with E-state index in [1.165, 1.54) is 57.8 Å². The molecule has 0 bridgehead atoms. The van der Waals surface area contributed by atoms with Crippen molar-refractivity contribution in [3.8, 4) is 0 Å². The van der Waals surface area contributed by atoms with Crippen LogP contribution in [0.25, 0.3) is 0 Å². The van der Waals surface area contributed by atoms with Gasteiger partial charge in [0.2, 0.25) is 5.91 Å². The number of phosphoric ester groups is 1. The van der Waals surface area contributed by atoms with Crippen LogP contribution in [-0.4, -0.2) is 47.8 Å². The monoisotopic (exact) mass is 775 g/mol. The van der Waals surface area contributed by atoms with Crippen molar-refractivity contribution in [1.29, 1.82) is 0 Å². The number of hydrogen-bond donors (Lipinski definition) is 4. The summed E-state index contributed by atoms with van der Waals surface area (Å²) in [6.07, 6.45) is 53.4. The van der Waals surface area contributed by atoms with E-state index in [0.717, 1.165) is 83.5 Å². The number of hydrogen-bond acceptors (Lipinski definition) is 6. The molecular formula is C45H79N2O6P. The summed E-state index contributed by atoms with van der Waals surface area (Å²) in [5, 5.41) is 13.6. The number of rotatable bonds is 38. The first kappa shape index (κ1) is 51.7. The van der Waals surface area contributed by atoms with E-state index in [2.05, 4.69) is 92.1 Å². The van der Waals surface area contributed by atoms with Gasteiger partial charge in [0.1, 0.15) is 0 Å². The maximum atomic E-state index is 12.7. The summed E-state index contributed by atoms with van der Waals surface area (Å²) in [6.45, 7) is 3.95. The molecule has 9 heteroatoms. The maximum absolute atomic E-state index is 12.7. The van der Waals surface area contributed by atoms with Gasteiger partial charge >= 0.3 is 7.82 Å². The van der Waals surface area contributed by atoms with Gasteiger partial charge in [0.15, 0.2) is 0 Å². The van der Waals surface area contributed by atoms with Crippen LogP contribution in [0.4, 0.5) is 0 Å². The van der Waals surface area contributed by atoms with E-state index in [1.54, 1.807) is 6.08 Å². The molecule has 0 rings (SSSR count). The van der Waals surface area contributed by atoms with Crippen LogP contribution in [-0.2, 0) is 18.4 Å². The summed E-state index contributed by atoms with van der Waals surface area (Å²) in [5.41, 5.74) is 5.36. The number of carbonyl (C=O) groups is 1. The third-order valence-electron chi connectivity index (χ3n) is 8.68. The number of unbranched alkanes of at least 4 members (excludes halogenated alkanes) is 14. The second-order valence-corrected chi connectivity index (χ2v) is 15.2. The van der Waals surface area contributed by atoms with Crippen molar-refractivity contribution < 1.29 is 28.4 Å². The second-order valence-electron chi connectivity index (χ2n) is 13.8. The van der Waals surface area contributed by atoms with Crippen LogP contribution < -0.4 is 11.1 Å². The molecule has 0 fully saturated rings. The first-order chi connectivity index (χ1) is 26.4. The molecule has 3 atom stereocenters. The average Bonchev–Trinajstić information content (AvgIpc) is 3.16. The van der Waals surface area contributed by atoms with Gasteiger partial charge in [-0.25, -0.2) is 4.57 Å². The Morgan fingerprint density at radius 3 is 1.65 bits per heavy atom. The Balaban J connectivity index is 4.36. The lowest BCUT2D eigenvalue weighted by atomic mass is 10.1. The molecule has 0 heterocycles. The molecule has 0 aromatic rings. The van der Waals surface area contributed by atoms with Crippen molar-refractivity contribution in [1.82, 2.24) is 5.32 Å². The average molecular weight is 775 g/mol. The van der Waals surface area contributed by atoms with Gasteiger partial charge in [0.25, 0.3) is 0 Å². The molecule has 0 saturated carbocycles. The SMILES string of the molecule is CC/C=C\C/C=C\C/C=C\C/C=C\CCCCCCCCC(=O)NC(COP(=O)(O)OCCN)C(O)/C=C/CC/C=C/CC/C=C/CCCCCCCC. The van der Waals surface area contributed by atoms with Gasteiger partial charge in [0, 0.05) is 13.0 Å². The Bertz CT molecular complexity index is 1110. The van der Waals surface area contributed by atoms with Crippen molar-refractivity contribution >= 4 is 13.7 Å². The van der Waals surface area contributed by atoms with E-state index < -0.39 is 20.0 Å². The Kier molecular flexibility index (Phi) is 38.6. The molecular weight excluding hydrogens is 695 g/mol. The maximum Gasteiger partial charge on any atom is 0.472 e. The van der Waals surface area contributed by atoms with Crippen molar-refractivity contribution in [3.63, 3.8) is 0 Å². The summed E-state index contributed by atoms with van der Waals surface area (Å²) in [6, 6.07) is -0.896. The molecule has 0 saturated heterocycles. The molecule has 0 spiro atoms. The largest absolute Gasteiger partial charge is 0.472 e. The molecule has 1 amide bonds. The van der Waals surface area contributed by atoms with E-state index in [1.807, 2.05) is 6.08 Å². The summed E-state index contributed by atoms with van der Waals surface area (Å²) in [7, 11) is -4.36. The number of aliphatic hydroxyl groups is 1. The lowest BCUT2D eigenvalue weighted by molar-refractivity contribution is -0.123. The van der Waals surface area contributed by atoms with Crippen LogP contribution in [0.5, 0.6) is 0 Å². The molecule has 0 aromatic heterocycles. The number of nitrogens with one attached hydrogen (secondary N) is 1. The van der Waals surface area contributed by atoms with Crippen molar-refractivity contribution in [2.45, 2.75) is 174 Å². The number of phosphoric acid groups is 1. The Morgan fingerprint density at radius 2 is 1.09 bits per heavy atom. The third-order valence-corrected chi connectivity index (χ3v) is 9.67. The third kappa shape index (κ3) is 38.0. The number of allylic oxidation sites excluding steroid dienone is 13. The number of nitrogens with two attached hydrogens (primary N) is 1. The number of amides is 1. The number of aliphatic hydroxyl groups excluding tert-OH is 1. The zero-order valence-electron chi connectivity index (χ0n) is 34.2. The van der Waals surface area contributed by atoms with Crippen molar-refractivity contribution in [3.05, 3.63) is 85.1 Å². The zero-order chi connectivity index (χ0) is 39.6. The highest BCUT2D eigenvalue weighted by Crippen LogP contribution is 2.43. The highest BCUT2D eigenvalue weighted by molar-refractivity contribution is 7.47. The van der Waals surface area contributed by atoms with Crippen LogP contribution in [0, 0.1) is 0 Å². The summed E-state index contributed by atoms with van der Waals surface area (Å²) < 4.78 is 22.1. The van der Waals surface area contributed by atoms with E-state index in [9.17, 15) is 19.4 Å². The molecule has 5 N–H and O–H groups in total. The van der Waals surface area contributed by atoms with Gasteiger partial charge in [-0.15, -0.1) is 0 Å². The minimum atomic E-state index is -4.36. The second kappa shape index (κ2) is 40.3. The van der Waals surface area contributed by atoms with Crippen LogP contribution in [0.3, 0.4) is 0 Å². The molecule has 54 heavy (non-hydrogen) atoms. The minimum Gasteiger partial charge on any atom is -0.387 e. The van der Waals surface area contributed by atoms with Gasteiger partial charge in [0.05, 0.1) is 25.4 Å². The highest BCUT2D eigenvalue weighted by Gasteiger charge is 2.26.